The predicted octanol–water partition coefficient (Wildman–Crippen LogP) is 3.09. The largest absolute Gasteiger partial charge is 0.398 e. The van der Waals surface area contributed by atoms with Crippen molar-refractivity contribution in [3.8, 4) is 11.1 Å². The van der Waals surface area contributed by atoms with Crippen LogP contribution < -0.4 is 5.73 Å². The van der Waals surface area contributed by atoms with Gasteiger partial charge in [-0.3, -0.25) is 0 Å². The molecule has 0 bridgehead atoms. The molecule has 1 heterocycles. The van der Waals surface area contributed by atoms with Crippen molar-refractivity contribution < 1.29 is 5.11 Å². The van der Waals surface area contributed by atoms with Gasteiger partial charge in [-0.25, -0.2) is 0 Å². The first-order chi connectivity index (χ1) is 8.26. The molecule has 1 aromatic heterocycles. The fourth-order valence-corrected chi connectivity index (χ4v) is 2.75. The van der Waals surface area contributed by atoms with Crippen LogP contribution >= 0.6 is 11.3 Å². The van der Waals surface area contributed by atoms with Gasteiger partial charge in [-0.1, -0.05) is 25.1 Å². The Morgan fingerprint density at radius 3 is 2.82 bits per heavy atom. The number of aryl methyl sites for hydroxylation is 1. The SMILES string of the molecule is CCc1cc(-c2cccc(CCO)c2N)cs1. The number of nitrogens with two attached hydrogens (primary N) is 1. The van der Waals surface area contributed by atoms with Crippen molar-refractivity contribution in [3.05, 3.63) is 40.1 Å². The van der Waals surface area contributed by atoms with Crippen LogP contribution in [-0.2, 0) is 12.8 Å². The summed E-state index contributed by atoms with van der Waals surface area (Å²) in [5.74, 6) is 0. The first kappa shape index (κ1) is 12.1. The van der Waals surface area contributed by atoms with E-state index in [0.717, 1.165) is 23.2 Å². The molecule has 2 rings (SSSR count). The van der Waals surface area contributed by atoms with Crippen molar-refractivity contribution >= 4 is 17.0 Å². The summed E-state index contributed by atoms with van der Waals surface area (Å²) in [6.45, 7) is 2.29. The molecule has 0 fully saturated rings. The van der Waals surface area contributed by atoms with E-state index >= 15 is 0 Å². The van der Waals surface area contributed by atoms with E-state index in [0.29, 0.717) is 6.42 Å². The lowest BCUT2D eigenvalue weighted by molar-refractivity contribution is 0.300. The van der Waals surface area contributed by atoms with Gasteiger partial charge in [0.05, 0.1) is 0 Å². The third kappa shape index (κ3) is 2.51. The molecule has 3 N–H and O–H groups in total. The fraction of sp³-hybridized carbons (Fsp3) is 0.286. The Morgan fingerprint density at radius 2 is 2.18 bits per heavy atom. The van der Waals surface area contributed by atoms with Gasteiger partial charge in [-0.2, -0.15) is 0 Å². The Bertz CT molecular complexity index is 505. The average molecular weight is 247 g/mol. The zero-order valence-corrected chi connectivity index (χ0v) is 10.8. The fourth-order valence-electron chi connectivity index (χ4n) is 1.91. The second-order valence-electron chi connectivity index (χ2n) is 4.01. The molecule has 17 heavy (non-hydrogen) atoms. The Labute approximate surface area is 106 Å². The molecule has 0 aliphatic rings. The van der Waals surface area contributed by atoms with Crippen molar-refractivity contribution in [1.29, 1.82) is 0 Å². The number of aliphatic hydroxyl groups excluding tert-OH is 1. The molecule has 0 atom stereocenters. The van der Waals surface area contributed by atoms with E-state index in [1.807, 2.05) is 18.2 Å². The van der Waals surface area contributed by atoms with Crippen LogP contribution in [0, 0.1) is 0 Å². The molecule has 0 radical (unpaired) electrons. The number of thiophene rings is 1. The molecule has 1 aromatic carbocycles. The summed E-state index contributed by atoms with van der Waals surface area (Å²) in [7, 11) is 0. The van der Waals surface area contributed by atoms with Gasteiger partial charge in [-0.05, 0) is 35.4 Å². The van der Waals surface area contributed by atoms with Crippen molar-refractivity contribution in [2.45, 2.75) is 19.8 Å². The van der Waals surface area contributed by atoms with Gasteiger partial charge in [0.2, 0.25) is 0 Å². The van der Waals surface area contributed by atoms with Crippen LogP contribution in [0.2, 0.25) is 0 Å². The lowest BCUT2D eigenvalue weighted by Gasteiger charge is -2.08. The number of rotatable bonds is 4. The summed E-state index contributed by atoms with van der Waals surface area (Å²) in [5.41, 5.74) is 10.2. The number of anilines is 1. The van der Waals surface area contributed by atoms with Crippen LogP contribution in [0.25, 0.3) is 11.1 Å². The summed E-state index contributed by atoms with van der Waals surface area (Å²) in [5, 5.41) is 11.1. The van der Waals surface area contributed by atoms with E-state index in [4.69, 9.17) is 10.8 Å². The van der Waals surface area contributed by atoms with Crippen LogP contribution in [0.5, 0.6) is 0 Å². The number of aliphatic hydroxyl groups is 1. The third-order valence-electron chi connectivity index (χ3n) is 2.89. The average Bonchev–Trinajstić information content (AvgIpc) is 2.80. The van der Waals surface area contributed by atoms with Crippen LogP contribution in [0.4, 0.5) is 5.69 Å². The molecule has 0 aliphatic carbocycles. The maximum Gasteiger partial charge on any atom is 0.0472 e. The molecule has 0 amide bonds. The van der Waals surface area contributed by atoms with Crippen molar-refractivity contribution in [3.63, 3.8) is 0 Å². The standard InChI is InChI=1S/C14H17NOS/c1-2-12-8-11(9-17-12)13-5-3-4-10(6-7-16)14(13)15/h3-5,8-9,16H,2,6-7,15H2,1H3. The molecule has 0 saturated heterocycles. The second kappa shape index (κ2) is 5.34. The molecule has 2 aromatic rings. The molecule has 2 nitrogen and oxygen atoms in total. The molecular formula is C14H17NOS. The first-order valence-electron chi connectivity index (χ1n) is 5.82. The molecule has 0 saturated carbocycles. The van der Waals surface area contributed by atoms with Gasteiger partial charge >= 0.3 is 0 Å². The van der Waals surface area contributed by atoms with E-state index in [9.17, 15) is 0 Å². The highest BCUT2D eigenvalue weighted by Crippen LogP contribution is 2.32. The van der Waals surface area contributed by atoms with Gasteiger partial charge in [0.25, 0.3) is 0 Å². The molecule has 3 heteroatoms. The minimum Gasteiger partial charge on any atom is -0.398 e. The van der Waals surface area contributed by atoms with E-state index in [1.165, 1.54) is 10.4 Å². The lowest BCUT2D eigenvalue weighted by Crippen LogP contribution is -1.99. The quantitative estimate of drug-likeness (QED) is 0.816. The normalized spacial score (nSPS) is 10.7. The van der Waals surface area contributed by atoms with Gasteiger partial charge in [0, 0.05) is 22.7 Å². The Balaban J connectivity index is 2.41. The number of benzene rings is 1. The third-order valence-corrected chi connectivity index (χ3v) is 3.97. The summed E-state index contributed by atoms with van der Waals surface area (Å²) in [6.07, 6.45) is 1.67. The van der Waals surface area contributed by atoms with Gasteiger partial charge in [0.1, 0.15) is 0 Å². The Hall–Kier alpha value is -1.32. The van der Waals surface area contributed by atoms with Crippen molar-refractivity contribution in [2.24, 2.45) is 0 Å². The second-order valence-corrected chi connectivity index (χ2v) is 5.00. The van der Waals surface area contributed by atoms with E-state index < -0.39 is 0 Å². The summed E-state index contributed by atoms with van der Waals surface area (Å²) in [4.78, 5) is 1.37. The van der Waals surface area contributed by atoms with E-state index in [-0.39, 0.29) is 6.61 Å². The van der Waals surface area contributed by atoms with Crippen LogP contribution in [0.1, 0.15) is 17.4 Å². The zero-order valence-electron chi connectivity index (χ0n) is 9.94. The zero-order chi connectivity index (χ0) is 12.3. The summed E-state index contributed by atoms with van der Waals surface area (Å²) >= 11 is 1.77. The van der Waals surface area contributed by atoms with Gasteiger partial charge < -0.3 is 10.8 Å². The van der Waals surface area contributed by atoms with Gasteiger partial charge in [0.15, 0.2) is 0 Å². The lowest BCUT2D eigenvalue weighted by atomic mass is 10.0. The topological polar surface area (TPSA) is 46.2 Å². The van der Waals surface area contributed by atoms with Crippen LogP contribution in [-0.4, -0.2) is 11.7 Å². The smallest absolute Gasteiger partial charge is 0.0472 e. The number of hydrogen-bond donors (Lipinski definition) is 2. The van der Waals surface area contributed by atoms with Crippen LogP contribution in [0.3, 0.4) is 0 Å². The molecule has 90 valence electrons. The van der Waals surface area contributed by atoms with Crippen molar-refractivity contribution in [2.75, 3.05) is 12.3 Å². The molecular weight excluding hydrogens is 230 g/mol. The number of hydrogen-bond acceptors (Lipinski definition) is 3. The molecule has 0 spiro atoms. The number of nitrogen functional groups attached to an aromatic ring is 1. The predicted molar refractivity (Wildman–Crippen MR) is 74.3 cm³/mol. The maximum absolute atomic E-state index is 8.99. The summed E-state index contributed by atoms with van der Waals surface area (Å²) in [6, 6.07) is 8.21. The highest BCUT2D eigenvalue weighted by Gasteiger charge is 2.08. The number of para-hydroxylation sites is 1. The monoisotopic (exact) mass is 247 g/mol. The Morgan fingerprint density at radius 1 is 1.35 bits per heavy atom. The summed E-state index contributed by atoms with van der Waals surface area (Å²) < 4.78 is 0. The maximum atomic E-state index is 8.99. The van der Waals surface area contributed by atoms with Crippen LogP contribution in [0.15, 0.2) is 29.6 Å². The highest BCUT2D eigenvalue weighted by atomic mass is 32.1. The Kier molecular flexibility index (Phi) is 3.82. The van der Waals surface area contributed by atoms with Crippen molar-refractivity contribution in [1.82, 2.24) is 0 Å². The minimum absolute atomic E-state index is 0.136. The molecule has 0 aliphatic heterocycles. The van der Waals surface area contributed by atoms with E-state index in [2.05, 4.69) is 18.4 Å². The molecule has 0 unspecified atom stereocenters. The highest BCUT2D eigenvalue weighted by molar-refractivity contribution is 7.10. The van der Waals surface area contributed by atoms with E-state index in [1.54, 1.807) is 11.3 Å². The first-order valence-corrected chi connectivity index (χ1v) is 6.70. The minimum atomic E-state index is 0.136. The van der Waals surface area contributed by atoms with Gasteiger partial charge in [-0.15, -0.1) is 11.3 Å².